The van der Waals surface area contributed by atoms with Crippen molar-refractivity contribution in [2.45, 2.75) is 11.8 Å². The van der Waals surface area contributed by atoms with Crippen molar-refractivity contribution in [3.05, 3.63) is 248 Å². The molecule has 8 unspecified atom stereocenters. The Labute approximate surface area is 366 Å². The first kappa shape index (κ1) is 37.0. The number of pyridine rings is 1. The second kappa shape index (κ2) is 15.6. The van der Waals surface area contributed by atoms with Crippen molar-refractivity contribution in [2.75, 3.05) is 0 Å². The van der Waals surface area contributed by atoms with Crippen LogP contribution < -0.4 is 0 Å². The number of fused-ring (bicyclic) bond motifs is 6. The Hall–Kier alpha value is -6.83. The highest BCUT2D eigenvalue weighted by Gasteiger charge is 2.50. The second-order valence-corrected chi connectivity index (χ2v) is 18.2. The van der Waals surface area contributed by atoms with Crippen LogP contribution in [-0.4, -0.2) is 4.98 Å². The van der Waals surface area contributed by atoms with E-state index in [0.29, 0.717) is 59.2 Å². The quantitative estimate of drug-likeness (QED) is 0.157. The van der Waals surface area contributed by atoms with Gasteiger partial charge in [-0.15, -0.1) is 0 Å². The number of allylic oxidation sites excluding steroid dienone is 16. The lowest BCUT2D eigenvalue weighted by Gasteiger charge is -2.29. The predicted octanol–water partition coefficient (Wildman–Crippen LogP) is 15.0. The Morgan fingerprint density at radius 1 is 0.242 bits per heavy atom. The zero-order valence-electron chi connectivity index (χ0n) is 34.7. The molecule has 6 aliphatic rings. The van der Waals surface area contributed by atoms with Crippen LogP contribution >= 0.6 is 0 Å². The van der Waals surface area contributed by atoms with Crippen molar-refractivity contribution in [1.29, 1.82) is 0 Å². The molecular formula is C61H49N. The fourth-order valence-electron chi connectivity index (χ4n) is 12.1. The van der Waals surface area contributed by atoms with E-state index in [1.165, 1.54) is 44.5 Å². The third-order valence-corrected chi connectivity index (χ3v) is 14.9. The molecular weight excluding hydrogens is 747 g/mol. The maximum absolute atomic E-state index is 5.52. The van der Waals surface area contributed by atoms with Gasteiger partial charge >= 0.3 is 0 Å². The molecule has 6 aromatic rings. The SMILES string of the molecule is C1=CC2C3C=CC=CC3C(c3cc(-c4cc(-c5cccc(-c6ccccc6)c5)nc(-c5cccc(-c6ccccc6)c5)c4)cc(C4C5C=CC=CC5C5C=CC=CC54)c3)C2C=C1. The lowest BCUT2D eigenvalue weighted by Crippen LogP contribution is -2.17. The average Bonchev–Trinajstić information content (AvgIpc) is 3.88. The van der Waals surface area contributed by atoms with Gasteiger partial charge in [0.05, 0.1) is 11.4 Å². The smallest absolute Gasteiger partial charge is 0.0715 e. The van der Waals surface area contributed by atoms with E-state index in [1.807, 2.05) is 0 Å². The molecule has 12 rings (SSSR count). The molecule has 5 aromatic carbocycles. The summed E-state index contributed by atoms with van der Waals surface area (Å²) in [5.74, 6) is 4.47. The van der Waals surface area contributed by atoms with Crippen LogP contribution in [0.15, 0.2) is 237 Å². The molecule has 298 valence electrons. The maximum Gasteiger partial charge on any atom is 0.0715 e. The molecule has 0 bridgehead atoms. The van der Waals surface area contributed by atoms with Crippen molar-refractivity contribution in [1.82, 2.24) is 4.98 Å². The van der Waals surface area contributed by atoms with Gasteiger partial charge in [-0.05, 0) is 128 Å². The van der Waals surface area contributed by atoms with Crippen LogP contribution in [-0.2, 0) is 0 Å². The normalized spacial score (nSPS) is 28.1. The summed E-state index contributed by atoms with van der Waals surface area (Å²) in [7, 11) is 0. The minimum atomic E-state index is 0.369. The summed E-state index contributed by atoms with van der Waals surface area (Å²) in [6.45, 7) is 0. The van der Waals surface area contributed by atoms with E-state index in [-0.39, 0.29) is 0 Å². The summed E-state index contributed by atoms with van der Waals surface area (Å²) < 4.78 is 0. The first-order valence-corrected chi connectivity index (χ1v) is 22.6. The molecule has 0 spiro atoms. The van der Waals surface area contributed by atoms with Gasteiger partial charge in [-0.1, -0.05) is 212 Å². The zero-order valence-corrected chi connectivity index (χ0v) is 34.7. The van der Waals surface area contributed by atoms with Crippen molar-refractivity contribution in [2.24, 2.45) is 47.3 Å². The molecule has 0 amide bonds. The monoisotopic (exact) mass is 795 g/mol. The number of benzene rings is 5. The summed E-state index contributed by atoms with van der Waals surface area (Å²) in [6.07, 6.45) is 38.2. The highest BCUT2D eigenvalue weighted by Crippen LogP contribution is 2.59. The Bertz CT molecular complexity index is 2660. The first-order valence-electron chi connectivity index (χ1n) is 22.6. The molecule has 0 N–H and O–H groups in total. The molecule has 0 saturated heterocycles. The topological polar surface area (TPSA) is 12.9 Å². The van der Waals surface area contributed by atoms with Crippen LogP contribution in [0.2, 0.25) is 0 Å². The van der Waals surface area contributed by atoms with E-state index in [9.17, 15) is 0 Å². The van der Waals surface area contributed by atoms with E-state index in [4.69, 9.17) is 4.98 Å². The fraction of sp³-hybridized carbons (Fsp3) is 0.164. The Balaban J connectivity index is 1.07. The molecule has 1 aromatic heterocycles. The molecule has 1 heteroatoms. The Morgan fingerprint density at radius 3 is 0.952 bits per heavy atom. The lowest BCUT2D eigenvalue weighted by atomic mass is 9.74. The van der Waals surface area contributed by atoms with Gasteiger partial charge < -0.3 is 0 Å². The van der Waals surface area contributed by atoms with Crippen molar-refractivity contribution in [3.63, 3.8) is 0 Å². The van der Waals surface area contributed by atoms with Gasteiger partial charge in [0, 0.05) is 11.1 Å². The molecule has 1 heterocycles. The second-order valence-electron chi connectivity index (χ2n) is 18.2. The zero-order chi connectivity index (χ0) is 41.0. The molecule has 0 aliphatic heterocycles. The minimum absolute atomic E-state index is 0.369. The van der Waals surface area contributed by atoms with E-state index in [1.54, 1.807) is 0 Å². The van der Waals surface area contributed by atoms with Crippen molar-refractivity contribution in [3.8, 4) is 55.9 Å². The Kier molecular flexibility index (Phi) is 9.29. The van der Waals surface area contributed by atoms with Gasteiger partial charge in [0.25, 0.3) is 0 Å². The van der Waals surface area contributed by atoms with Crippen molar-refractivity contribution < 1.29 is 0 Å². The van der Waals surface area contributed by atoms with E-state index < -0.39 is 0 Å². The van der Waals surface area contributed by atoms with Crippen LogP contribution in [0.5, 0.6) is 0 Å². The van der Waals surface area contributed by atoms with Gasteiger partial charge in [-0.3, -0.25) is 0 Å². The average molecular weight is 796 g/mol. The predicted molar refractivity (Wildman–Crippen MR) is 258 cm³/mol. The van der Waals surface area contributed by atoms with Crippen LogP contribution in [0.1, 0.15) is 23.0 Å². The summed E-state index contributed by atoms with van der Waals surface area (Å²) in [6, 6.07) is 51.7. The number of rotatable bonds is 7. The third kappa shape index (κ3) is 6.50. The van der Waals surface area contributed by atoms with Gasteiger partial charge in [0.1, 0.15) is 0 Å². The summed E-state index contributed by atoms with van der Waals surface area (Å²) >= 11 is 0. The molecule has 8 atom stereocenters. The highest BCUT2D eigenvalue weighted by atomic mass is 14.7. The fourth-order valence-corrected chi connectivity index (χ4v) is 12.1. The van der Waals surface area contributed by atoms with Gasteiger partial charge in [-0.2, -0.15) is 0 Å². The van der Waals surface area contributed by atoms with Crippen LogP contribution in [0, 0.1) is 47.3 Å². The third-order valence-electron chi connectivity index (χ3n) is 14.9. The molecule has 2 fully saturated rings. The molecule has 6 aliphatic carbocycles. The standard InChI is InChI=1S/C61H49N/c1-3-17-40(18-4-1)42-21-15-23-44(33-42)58-38-47(39-59(62-58)45-24-16-22-43(34-45)41-19-5-2-6-20-41)46-35-48(60-54-29-11-7-25-50(54)51-26-8-12-30-55(51)60)37-49(36-46)61-56-31-13-9-27-52(56)53-28-10-14-32-57(53)61/h1-39,50-57,60-61H. The van der Waals surface area contributed by atoms with Crippen molar-refractivity contribution >= 4 is 0 Å². The first-order chi connectivity index (χ1) is 30.7. The van der Waals surface area contributed by atoms with E-state index in [2.05, 4.69) is 237 Å². The van der Waals surface area contributed by atoms with Crippen LogP contribution in [0.3, 0.4) is 0 Å². The Morgan fingerprint density at radius 2 is 0.565 bits per heavy atom. The largest absolute Gasteiger partial charge is 0.248 e. The molecule has 0 radical (unpaired) electrons. The minimum Gasteiger partial charge on any atom is -0.248 e. The molecule has 1 nitrogen and oxygen atoms in total. The number of hydrogen-bond acceptors (Lipinski definition) is 1. The summed E-state index contributed by atoms with van der Waals surface area (Å²) in [5.41, 5.74) is 14.4. The van der Waals surface area contributed by atoms with Gasteiger partial charge in [-0.25, -0.2) is 4.98 Å². The number of aromatic nitrogens is 1. The van der Waals surface area contributed by atoms with Crippen LogP contribution in [0.4, 0.5) is 0 Å². The van der Waals surface area contributed by atoms with Gasteiger partial charge in [0.15, 0.2) is 0 Å². The van der Waals surface area contributed by atoms with E-state index >= 15 is 0 Å². The summed E-state index contributed by atoms with van der Waals surface area (Å²) in [5, 5.41) is 0. The highest BCUT2D eigenvalue weighted by molar-refractivity contribution is 5.81. The van der Waals surface area contributed by atoms with E-state index in [0.717, 1.165) is 22.5 Å². The van der Waals surface area contributed by atoms with Crippen LogP contribution in [0.25, 0.3) is 55.9 Å². The number of nitrogens with zero attached hydrogens (tertiary/aromatic N) is 1. The maximum atomic E-state index is 5.52. The molecule has 2 saturated carbocycles. The van der Waals surface area contributed by atoms with Gasteiger partial charge in [0.2, 0.25) is 0 Å². The molecule has 62 heavy (non-hydrogen) atoms. The summed E-state index contributed by atoms with van der Waals surface area (Å²) in [4.78, 5) is 5.52. The number of hydrogen-bond donors (Lipinski definition) is 0. The lowest BCUT2D eigenvalue weighted by molar-refractivity contribution is 0.461.